The Balaban J connectivity index is -0.0000000331. The molecule has 0 saturated carbocycles. The van der Waals surface area contributed by atoms with Gasteiger partial charge in [-0.05, 0) is 0 Å². The zero-order chi connectivity index (χ0) is 17.1. The molecule has 0 amide bonds. The summed E-state index contributed by atoms with van der Waals surface area (Å²) in [4.78, 5) is 0. The molecular weight excluding hydrogens is 351 g/mol. The Hall–Kier alpha value is 0.683. The minimum absolute atomic E-state index is 0. The van der Waals surface area contributed by atoms with Crippen LogP contribution in [0.25, 0.3) is 0 Å². The first-order valence-electron chi connectivity index (χ1n) is 7.48. The molecule has 21 heavy (non-hydrogen) atoms. The predicted octanol–water partition coefficient (Wildman–Crippen LogP) is -1.22. The molecule has 5 nitrogen and oxygen atoms in total. The molecule has 0 fully saturated rings. The fourth-order valence-corrected chi connectivity index (χ4v) is 0. The van der Waals surface area contributed by atoms with E-state index in [-0.39, 0.29) is 59.2 Å². The van der Waals surface area contributed by atoms with E-state index in [1.807, 2.05) is 34.6 Å². The minimum atomic E-state index is 0. The van der Waals surface area contributed by atoms with Gasteiger partial charge in [0.2, 0.25) is 0 Å². The third-order valence-electron chi connectivity index (χ3n) is 1.02. The average Bonchev–Trinajstić information content (AvgIpc) is 2.55. The molecule has 0 saturated heterocycles. The predicted molar refractivity (Wildman–Crippen MR) is 75.8 cm³/mol. The van der Waals surface area contributed by atoms with Gasteiger partial charge in [-0.15, -0.1) is 33.0 Å². The van der Waals surface area contributed by atoms with E-state index in [0.717, 1.165) is 32.1 Å². The molecule has 134 valence electrons. The zero-order valence-electron chi connectivity index (χ0n) is 14.6. The van der Waals surface area contributed by atoms with Gasteiger partial charge >= 0.3 is 0 Å². The third kappa shape index (κ3) is 224. The van der Waals surface area contributed by atoms with Crippen molar-refractivity contribution in [2.24, 2.45) is 0 Å². The first-order chi connectivity index (χ1) is 9.57. The van der Waals surface area contributed by atoms with Crippen LogP contribution in [0, 0.1) is 0 Å². The molecule has 0 atom stereocenters. The van der Waals surface area contributed by atoms with Crippen LogP contribution in [0.3, 0.4) is 0 Å². The Bertz CT molecular complexity index is 55.2. The SMILES string of the molecule is CCC[O-].CCC[O-].CCC[O-].CCC[O-].CCC[O-].[Zr]. The van der Waals surface area contributed by atoms with Crippen molar-refractivity contribution < 1.29 is 51.7 Å². The Morgan fingerprint density at radius 1 is 0.381 bits per heavy atom. The van der Waals surface area contributed by atoms with Gasteiger partial charge in [-0.1, -0.05) is 66.7 Å². The van der Waals surface area contributed by atoms with E-state index in [2.05, 4.69) is 0 Å². The van der Waals surface area contributed by atoms with E-state index in [1.54, 1.807) is 0 Å². The monoisotopic (exact) mass is 385 g/mol. The Labute approximate surface area is 151 Å². The van der Waals surface area contributed by atoms with Gasteiger partial charge < -0.3 is 25.5 Å². The molecule has 0 heterocycles. The van der Waals surface area contributed by atoms with Crippen LogP contribution in [0.15, 0.2) is 0 Å². The van der Waals surface area contributed by atoms with E-state index >= 15 is 0 Å². The second-order valence-electron chi connectivity index (χ2n) is 3.52. The van der Waals surface area contributed by atoms with Crippen molar-refractivity contribution in [2.45, 2.75) is 66.7 Å². The van der Waals surface area contributed by atoms with Crippen molar-refractivity contribution in [1.82, 2.24) is 0 Å². The largest absolute Gasteiger partial charge is 0.854 e. The summed E-state index contributed by atoms with van der Waals surface area (Å²) in [5, 5.41) is 46.5. The molecule has 0 radical (unpaired) electrons. The number of hydrogen-bond donors (Lipinski definition) is 0. The van der Waals surface area contributed by atoms with Gasteiger partial charge in [-0.2, -0.15) is 0 Å². The summed E-state index contributed by atoms with van der Waals surface area (Å²) < 4.78 is 0. The molecule has 0 aliphatic carbocycles. The van der Waals surface area contributed by atoms with Crippen molar-refractivity contribution in [1.29, 1.82) is 0 Å². The molecule has 0 aliphatic rings. The van der Waals surface area contributed by atoms with Gasteiger partial charge in [0.25, 0.3) is 0 Å². The summed E-state index contributed by atoms with van der Waals surface area (Å²) >= 11 is 0. The Morgan fingerprint density at radius 2 is 0.429 bits per heavy atom. The van der Waals surface area contributed by atoms with Crippen molar-refractivity contribution in [3.05, 3.63) is 0 Å². The molecule has 0 rings (SSSR count). The van der Waals surface area contributed by atoms with Crippen LogP contribution in [0.2, 0.25) is 0 Å². The first kappa shape index (κ1) is 37.7. The minimum Gasteiger partial charge on any atom is -0.854 e. The number of rotatable bonds is 5. The molecule has 0 bridgehead atoms. The quantitative estimate of drug-likeness (QED) is 0.587. The normalized spacial score (nSPS) is 7.14. The average molecular weight is 387 g/mol. The van der Waals surface area contributed by atoms with Crippen LogP contribution in [-0.4, -0.2) is 33.0 Å². The Morgan fingerprint density at radius 3 is 0.429 bits per heavy atom. The van der Waals surface area contributed by atoms with Crippen LogP contribution in [0.4, 0.5) is 0 Å². The van der Waals surface area contributed by atoms with Gasteiger partial charge in [0.05, 0.1) is 0 Å². The summed E-state index contributed by atoms with van der Waals surface area (Å²) in [6, 6.07) is 0. The second-order valence-corrected chi connectivity index (χ2v) is 3.52. The van der Waals surface area contributed by atoms with Crippen molar-refractivity contribution in [3.8, 4) is 0 Å². The summed E-state index contributed by atoms with van der Waals surface area (Å²) in [5.74, 6) is 0. The molecule has 0 aromatic carbocycles. The summed E-state index contributed by atoms with van der Waals surface area (Å²) in [5.41, 5.74) is 0. The van der Waals surface area contributed by atoms with Gasteiger partial charge in [0.15, 0.2) is 0 Å². The first-order valence-corrected chi connectivity index (χ1v) is 7.48. The summed E-state index contributed by atoms with van der Waals surface area (Å²) in [6.45, 7) is 9.69. The van der Waals surface area contributed by atoms with E-state index in [4.69, 9.17) is 0 Å². The van der Waals surface area contributed by atoms with Crippen molar-refractivity contribution >= 4 is 0 Å². The fraction of sp³-hybridized carbons (Fsp3) is 1.00. The van der Waals surface area contributed by atoms with Gasteiger partial charge in [-0.3, -0.25) is 0 Å². The molecule has 0 N–H and O–H groups in total. The van der Waals surface area contributed by atoms with E-state index in [9.17, 15) is 25.5 Å². The van der Waals surface area contributed by atoms with Crippen LogP contribution in [0.5, 0.6) is 0 Å². The molecule has 0 aromatic rings. The molecule has 0 spiro atoms. The topological polar surface area (TPSA) is 115 Å². The van der Waals surface area contributed by atoms with Crippen molar-refractivity contribution in [3.63, 3.8) is 0 Å². The zero-order valence-corrected chi connectivity index (χ0v) is 17.1. The van der Waals surface area contributed by atoms with Gasteiger partial charge in [-0.25, -0.2) is 0 Å². The fourth-order valence-electron chi connectivity index (χ4n) is 0. The van der Waals surface area contributed by atoms with E-state index in [0.29, 0.717) is 0 Å². The number of hydrogen-bond acceptors (Lipinski definition) is 5. The maximum absolute atomic E-state index is 9.30. The smallest absolute Gasteiger partial charge is 0 e. The molecule has 0 aliphatic heterocycles. The molecule has 0 aromatic heterocycles. The van der Waals surface area contributed by atoms with Crippen LogP contribution < -0.4 is 25.5 Å². The van der Waals surface area contributed by atoms with E-state index in [1.165, 1.54) is 0 Å². The molecule has 0 unspecified atom stereocenters. The standard InChI is InChI=1S/5C3H7O.Zr/c5*1-2-3-4;/h5*2-3H2,1H3;/q5*-1;. The van der Waals surface area contributed by atoms with Gasteiger partial charge in [0.1, 0.15) is 0 Å². The van der Waals surface area contributed by atoms with Crippen LogP contribution in [-0.2, 0) is 26.2 Å². The maximum Gasteiger partial charge on any atom is 0 e. The summed E-state index contributed by atoms with van der Waals surface area (Å²) in [6.07, 6.45) is 3.82. The third-order valence-corrected chi connectivity index (χ3v) is 1.02. The molecular formula is C15H35O5Zr-5. The van der Waals surface area contributed by atoms with Crippen molar-refractivity contribution in [2.75, 3.05) is 33.0 Å². The molecule has 6 heteroatoms. The van der Waals surface area contributed by atoms with Crippen LogP contribution in [0.1, 0.15) is 66.7 Å². The Kier molecular flexibility index (Phi) is 126. The van der Waals surface area contributed by atoms with Crippen LogP contribution >= 0.6 is 0 Å². The van der Waals surface area contributed by atoms with E-state index < -0.39 is 0 Å². The van der Waals surface area contributed by atoms with Gasteiger partial charge in [0, 0.05) is 26.2 Å². The second kappa shape index (κ2) is 70.2. The summed E-state index contributed by atoms with van der Waals surface area (Å²) in [7, 11) is 0. The maximum atomic E-state index is 9.30.